The molecule has 27 heavy (non-hydrogen) atoms. The van der Waals surface area contributed by atoms with Gasteiger partial charge in [0.1, 0.15) is 0 Å². The van der Waals surface area contributed by atoms with Crippen molar-refractivity contribution in [3.8, 4) is 11.5 Å². The minimum absolute atomic E-state index is 0.197. The van der Waals surface area contributed by atoms with E-state index in [2.05, 4.69) is 15.6 Å². The second-order valence-electron chi connectivity index (χ2n) is 7.16. The molecular formula is C20H32N4O3. The highest BCUT2D eigenvalue weighted by Crippen LogP contribution is 2.38. The predicted molar refractivity (Wildman–Crippen MR) is 107 cm³/mol. The third-order valence-corrected chi connectivity index (χ3v) is 5.15. The van der Waals surface area contributed by atoms with Gasteiger partial charge in [-0.05, 0) is 30.5 Å². The molecule has 0 unspecified atom stereocenters. The van der Waals surface area contributed by atoms with Gasteiger partial charge in [0.15, 0.2) is 17.5 Å². The molecule has 2 N–H and O–H groups in total. The molecule has 0 spiro atoms. The molecule has 0 atom stereocenters. The fraction of sp³-hybridized carbons (Fsp3) is 0.600. The number of benzene rings is 1. The van der Waals surface area contributed by atoms with Crippen LogP contribution in [0.5, 0.6) is 11.5 Å². The van der Waals surface area contributed by atoms with Gasteiger partial charge < -0.3 is 25.0 Å². The van der Waals surface area contributed by atoms with Crippen LogP contribution in [0.1, 0.15) is 31.2 Å². The molecule has 150 valence electrons. The first-order valence-electron chi connectivity index (χ1n) is 9.33. The number of amides is 1. The number of hydrogen-bond acceptors (Lipinski definition) is 4. The maximum absolute atomic E-state index is 12.7. The zero-order chi connectivity index (χ0) is 19.9. The van der Waals surface area contributed by atoms with E-state index in [0.717, 1.165) is 31.2 Å². The lowest BCUT2D eigenvalue weighted by Crippen LogP contribution is -2.49. The average Bonchev–Trinajstić information content (AvgIpc) is 3.17. The van der Waals surface area contributed by atoms with Crippen LogP contribution in [0.3, 0.4) is 0 Å². The Labute approximate surface area is 162 Å². The number of rotatable bonds is 7. The summed E-state index contributed by atoms with van der Waals surface area (Å²) in [5.41, 5.74) is 0.723. The van der Waals surface area contributed by atoms with Gasteiger partial charge in [-0.25, -0.2) is 0 Å². The fourth-order valence-electron chi connectivity index (χ4n) is 3.64. The van der Waals surface area contributed by atoms with Crippen LogP contribution in [-0.4, -0.2) is 58.7 Å². The highest BCUT2D eigenvalue weighted by molar-refractivity contribution is 5.85. The van der Waals surface area contributed by atoms with E-state index in [-0.39, 0.29) is 11.3 Å². The van der Waals surface area contributed by atoms with Crippen molar-refractivity contribution in [2.75, 3.05) is 41.9 Å². The summed E-state index contributed by atoms with van der Waals surface area (Å²) >= 11 is 0. The molecule has 1 saturated carbocycles. The first-order chi connectivity index (χ1) is 13.0. The molecule has 0 bridgehead atoms. The summed E-state index contributed by atoms with van der Waals surface area (Å²) in [6.45, 7) is 1.18. The summed E-state index contributed by atoms with van der Waals surface area (Å²) in [5.74, 6) is 2.28. The van der Waals surface area contributed by atoms with Crippen molar-refractivity contribution in [3.05, 3.63) is 23.8 Å². The Bertz CT molecular complexity index is 667. The van der Waals surface area contributed by atoms with Crippen molar-refractivity contribution >= 4 is 11.9 Å². The number of nitrogens with zero attached hydrogens (tertiary/aromatic N) is 2. The van der Waals surface area contributed by atoms with E-state index in [1.165, 1.54) is 0 Å². The zero-order valence-electron chi connectivity index (χ0n) is 17.1. The maximum Gasteiger partial charge on any atom is 0.230 e. The van der Waals surface area contributed by atoms with Gasteiger partial charge in [-0.2, -0.15) is 0 Å². The summed E-state index contributed by atoms with van der Waals surface area (Å²) in [7, 11) is 8.63. The Morgan fingerprint density at radius 2 is 1.81 bits per heavy atom. The van der Waals surface area contributed by atoms with Crippen molar-refractivity contribution in [3.63, 3.8) is 0 Å². The molecule has 0 aromatic heterocycles. The maximum atomic E-state index is 12.7. The molecule has 7 nitrogen and oxygen atoms in total. The quantitative estimate of drug-likeness (QED) is 0.562. The van der Waals surface area contributed by atoms with E-state index < -0.39 is 0 Å². The zero-order valence-corrected chi connectivity index (χ0v) is 17.1. The van der Waals surface area contributed by atoms with Crippen molar-refractivity contribution in [2.45, 2.75) is 32.2 Å². The van der Waals surface area contributed by atoms with Gasteiger partial charge in [-0.15, -0.1) is 0 Å². The third-order valence-electron chi connectivity index (χ3n) is 5.15. The van der Waals surface area contributed by atoms with Crippen LogP contribution in [-0.2, 0) is 11.3 Å². The SMILES string of the molecule is CN=C(NCc1ccc(OC)c(OC)c1)NCC1(C(=O)N(C)C)CCCC1. The molecule has 1 aliphatic carbocycles. The lowest BCUT2D eigenvalue weighted by molar-refractivity contribution is -0.138. The molecule has 1 fully saturated rings. The summed E-state index contributed by atoms with van der Waals surface area (Å²) in [6.07, 6.45) is 4.03. The average molecular weight is 377 g/mol. The standard InChI is InChI=1S/C20H32N4O3/c1-21-19(22-13-15-8-9-16(26-4)17(12-15)27-5)23-14-20(10-6-7-11-20)18(25)24(2)3/h8-9,12H,6-7,10-11,13-14H2,1-5H3,(H2,21,22,23). The van der Waals surface area contributed by atoms with E-state index in [1.807, 2.05) is 32.3 Å². The van der Waals surface area contributed by atoms with Crippen molar-refractivity contribution in [1.29, 1.82) is 0 Å². The molecule has 0 radical (unpaired) electrons. The number of ether oxygens (including phenoxy) is 2. The van der Waals surface area contributed by atoms with Crippen molar-refractivity contribution in [2.24, 2.45) is 10.4 Å². The Kier molecular flexibility index (Phi) is 7.33. The van der Waals surface area contributed by atoms with Gasteiger partial charge in [0.25, 0.3) is 0 Å². The number of hydrogen-bond donors (Lipinski definition) is 2. The summed E-state index contributed by atoms with van der Waals surface area (Å²) in [4.78, 5) is 18.7. The number of methoxy groups -OCH3 is 2. The van der Waals surface area contributed by atoms with Gasteiger partial charge in [0.05, 0.1) is 19.6 Å². The lowest BCUT2D eigenvalue weighted by Gasteiger charge is -2.31. The van der Waals surface area contributed by atoms with E-state index in [0.29, 0.717) is 30.5 Å². The normalized spacial score (nSPS) is 16.0. The smallest absolute Gasteiger partial charge is 0.230 e. The van der Waals surface area contributed by atoms with E-state index >= 15 is 0 Å². The van der Waals surface area contributed by atoms with Gasteiger partial charge in [-0.3, -0.25) is 9.79 Å². The van der Waals surface area contributed by atoms with Crippen LogP contribution < -0.4 is 20.1 Å². The molecule has 1 amide bonds. The Balaban J connectivity index is 1.97. The summed E-state index contributed by atoms with van der Waals surface area (Å²) in [5, 5.41) is 6.65. The molecule has 2 rings (SSSR count). The van der Waals surface area contributed by atoms with Gasteiger partial charge in [-0.1, -0.05) is 18.9 Å². The third kappa shape index (κ3) is 5.05. The van der Waals surface area contributed by atoms with Crippen LogP contribution in [0.25, 0.3) is 0 Å². The second-order valence-corrected chi connectivity index (χ2v) is 7.16. The Morgan fingerprint density at radius 1 is 1.15 bits per heavy atom. The van der Waals surface area contributed by atoms with Crippen LogP contribution in [0.2, 0.25) is 0 Å². The molecule has 0 saturated heterocycles. The Hall–Kier alpha value is -2.44. The number of carbonyl (C=O) groups is 1. The van der Waals surface area contributed by atoms with Crippen molar-refractivity contribution in [1.82, 2.24) is 15.5 Å². The molecule has 0 heterocycles. The van der Waals surface area contributed by atoms with E-state index in [4.69, 9.17) is 9.47 Å². The van der Waals surface area contributed by atoms with E-state index in [1.54, 1.807) is 26.2 Å². The number of aliphatic imine (C=N–C) groups is 1. The number of nitrogens with one attached hydrogen (secondary N) is 2. The van der Waals surface area contributed by atoms with Gasteiger partial charge >= 0.3 is 0 Å². The van der Waals surface area contributed by atoms with Crippen LogP contribution >= 0.6 is 0 Å². The van der Waals surface area contributed by atoms with Crippen LogP contribution in [0.4, 0.5) is 0 Å². The summed E-state index contributed by atoms with van der Waals surface area (Å²) in [6, 6.07) is 5.80. The largest absolute Gasteiger partial charge is 0.493 e. The minimum Gasteiger partial charge on any atom is -0.493 e. The van der Waals surface area contributed by atoms with Crippen molar-refractivity contribution < 1.29 is 14.3 Å². The Morgan fingerprint density at radius 3 is 2.37 bits per heavy atom. The number of carbonyl (C=O) groups excluding carboxylic acids is 1. The van der Waals surface area contributed by atoms with Gasteiger partial charge in [0, 0.05) is 34.2 Å². The molecule has 1 aliphatic rings. The van der Waals surface area contributed by atoms with Gasteiger partial charge in [0.2, 0.25) is 5.91 Å². The predicted octanol–water partition coefficient (Wildman–Crippen LogP) is 2.02. The first kappa shape index (κ1) is 20.9. The fourth-order valence-corrected chi connectivity index (χ4v) is 3.64. The topological polar surface area (TPSA) is 75.2 Å². The summed E-state index contributed by atoms with van der Waals surface area (Å²) < 4.78 is 10.6. The van der Waals surface area contributed by atoms with Crippen LogP contribution in [0, 0.1) is 5.41 Å². The second kappa shape index (κ2) is 9.48. The monoisotopic (exact) mass is 376 g/mol. The van der Waals surface area contributed by atoms with E-state index in [9.17, 15) is 4.79 Å². The lowest BCUT2D eigenvalue weighted by atomic mass is 9.84. The van der Waals surface area contributed by atoms with Crippen LogP contribution in [0.15, 0.2) is 23.2 Å². The highest BCUT2D eigenvalue weighted by atomic mass is 16.5. The first-order valence-corrected chi connectivity index (χ1v) is 9.33. The molecular weight excluding hydrogens is 344 g/mol. The minimum atomic E-state index is -0.329. The number of guanidine groups is 1. The highest BCUT2D eigenvalue weighted by Gasteiger charge is 2.42. The molecule has 0 aliphatic heterocycles. The molecule has 7 heteroatoms. The molecule has 1 aromatic rings. The molecule has 1 aromatic carbocycles.